The van der Waals surface area contributed by atoms with Crippen LogP contribution < -0.4 is 0 Å². The fraction of sp³-hybridized carbons (Fsp3) is 0.133. The zero-order chi connectivity index (χ0) is 11.0. The van der Waals surface area contributed by atoms with Gasteiger partial charge in [-0.2, -0.15) is 0 Å². The van der Waals surface area contributed by atoms with Crippen LogP contribution in [0.4, 0.5) is 0 Å². The molecule has 0 atom stereocenters. The fourth-order valence-corrected chi connectivity index (χ4v) is 2.24. The van der Waals surface area contributed by atoms with Crippen molar-refractivity contribution in [1.29, 1.82) is 0 Å². The minimum atomic E-state index is 0.978. The Bertz CT molecular complexity index is 656. The number of benzene rings is 2. The number of aromatic nitrogens is 1. The molecule has 1 aromatic heterocycles. The third-order valence-corrected chi connectivity index (χ3v) is 3.02. The Balaban J connectivity index is 2.57. The third-order valence-electron chi connectivity index (χ3n) is 3.02. The second-order valence-corrected chi connectivity index (χ2v) is 3.97. The van der Waals surface area contributed by atoms with Gasteiger partial charge in [0, 0.05) is 16.5 Å². The van der Waals surface area contributed by atoms with Crippen molar-refractivity contribution in [3.8, 4) is 0 Å². The Morgan fingerprint density at radius 1 is 0.812 bits per heavy atom. The van der Waals surface area contributed by atoms with Crippen molar-refractivity contribution in [2.45, 2.75) is 13.3 Å². The maximum absolute atomic E-state index is 4.72. The van der Waals surface area contributed by atoms with Gasteiger partial charge in [0.05, 0.1) is 5.52 Å². The van der Waals surface area contributed by atoms with Crippen LogP contribution in [0.2, 0.25) is 0 Å². The highest BCUT2D eigenvalue weighted by Gasteiger charge is 2.05. The topological polar surface area (TPSA) is 12.9 Å². The van der Waals surface area contributed by atoms with Crippen LogP contribution in [0.1, 0.15) is 12.6 Å². The van der Waals surface area contributed by atoms with E-state index in [0.717, 1.165) is 11.9 Å². The van der Waals surface area contributed by atoms with E-state index in [9.17, 15) is 0 Å². The summed E-state index contributed by atoms with van der Waals surface area (Å²) < 4.78 is 0. The van der Waals surface area contributed by atoms with E-state index in [4.69, 9.17) is 4.98 Å². The molecule has 1 heterocycles. The van der Waals surface area contributed by atoms with Crippen LogP contribution in [0.25, 0.3) is 21.7 Å². The number of nitrogens with zero attached hydrogens (tertiary/aromatic N) is 1. The smallest absolute Gasteiger partial charge is 0.0711 e. The Morgan fingerprint density at radius 3 is 2.19 bits per heavy atom. The molecule has 3 aromatic rings. The molecule has 2 aromatic carbocycles. The number of pyridine rings is 1. The summed E-state index contributed by atoms with van der Waals surface area (Å²) in [6.45, 7) is 2.16. The summed E-state index contributed by atoms with van der Waals surface area (Å²) in [6.07, 6.45) is 0.978. The number of para-hydroxylation sites is 1. The van der Waals surface area contributed by atoms with Crippen molar-refractivity contribution in [3.63, 3.8) is 0 Å². The van der Waals surface area contributed by atoms with Crippen LogP contribution in [0, 0.1) is 0 Å². The van der Waals surface area contributed by atoms with Gasteiger partial charge >= 0.3 is 0 Å². The zero-order valence-corrected chi connectivity index (χ0v) is 9.27. The van der Waals surface area contributed by atoms with Crippen molar-refractivity contribution < 1.29 is 0 Å². The van der Waals surface area contributed by atoms with Gasteiger partial charge in [-0.3, -0.25) is 4.98 Å². The Labute approximate surface area is 94.7 Å². The summed E-state index contributed by atoms with van der Waals surface area (Å²) >= 11 is 0. The number of rotatable bonds is 1. The molecule has 0 unspecified atom stereocenters. The van der Waals surface area contributed by atoms with Gasteiger partial charge in [0.1, 0.15) is 0 Å². The SMILES string of the molecule is CCc1nc2ccccc2c2ccccc12. The molecule has 0 saturated carbocycles. The van der Waals surface area contributed by atoms with Crippen molar-refractivity contribution in [2.75, 3.05) is 0 Å². The molecule has 0 aliphatic carbocycles. The van der Waals surface area contributed by atoms with Crippen LogP contribution in [0.15, 0.2) is 48.5 Å². The molecule has 0 N–H and O–H groups in total. The highest BCUT2D eigenvalue weighted by atomic mass is 14.7. The van der Waals surface area contributed by atoms with E-state index >= 15 is 0 Å². The van der Waals surface area contributed by atoms with Crippen LogP contribution in [-0.2, 0) is 6.42 Å². The van der Waals surface area contributed by atoms with E-state index in [0.29, 0.717) is 0 Å². The molecular formula is C15H13N. The van der Waals surface area contributed by atoms with Gasteiger partial charge < -0.3 is 0 Å². The number of fused-ring (bicyclic) bond motifs is 3. The highest BCUT2D eigenvalue weighted by molar-refractivity contribution is 6.06. The van der Waals surface area contributed by atoms with Crippen molar-refractivity contribution in [1.82, 2.24) is 4.98 Å². The lowest BCUT2D eigenvalue weighted by Crippen LogP contribution is -1.91. The average molecular weight is 207 g/mol. The van der Waals surface area contributed by atoms with Gasteiger partial charge in [-0.25, -0.2) is 0 Å². The molecule has 0 saturated heterocycles. The van der Waals surface area contributed by atoms with Gasteiger partial charge in [-0.15, -0.1) is 0 Å². The lowest BCUT2D eigenvalue weighted by atomic mass is 10.0. The Hall–Kier alpha value is -1.89. The van der Waals surface area contributed by atoms with Crippen molar-refractivity contribution >= 4 is 21.7 Å². The first-order chi connectivity index (χ1) is 7.90. The second-order valence-electron chi connectivity index (χ2n) is 3.97. The summed E-state index contributed by atoms with van der Waals surface area (Å²) in [5.41, 5.74) is 2.28. The van der Waals surface area contributed by atoms with E-state index < -0.39 is 0 Å². The van der Waals surface area contributed by atoms with E-state index in [2.05, 4.69) is 49.4 Å². The quantitative estimate of drug-likeness (QED) is 0.550. The predicted molar refractivity (Wildman–Crippen MR) is 68.6 cm³/mol. The zero-order valence-electron chi connectivity index (χ0n) is 9.27. The first-order valence-electron chi connectivity index (χ1n) is 5.66. The molecule has 78 valence electrons. The highest BCUT2D eigenvalue weighted by Crippen LogP contribution is 2.26. The van der Waals surface area contributed by atoms with Gasteiger partial charge in [-0.05, 0) is 17.9 Å². The van der Waals surface area contributed by atoms with E-state index in [1.807, 2.05) is 6.07 Å². The standard InChI is InChI=1S/C15H13N/c1-2-14-12-8-4-3-7-11(12)13-9-5-6-10-15(13)16-14/h3-10H,2H2,1H3. The fourth-order valence-electron chi connectivity index (χ4n) is 2.24. The molecule has 0 bridgehead atoms. The molecule has 0 aliphatic rings. The predicted octanol–water partition coefficient (Wildman–Crippen LogP) is 3.95. The summed E-state index contributed by atoms with van der Waals surface area (Å²) in [6, 6.07) is 16.9. The molecule has 3 rings (SSSR count). The lowest BCUT2D eigenvalue weighted by Gasteiger charge is -2.07. The summed E-state index contributed by atoms with van der Waals surface area (Å²) in [5, 5.41) is 3.84. The molecule has 0 spiro atoms. The molecule has 0 aliphatic heterocycles. The summed E-state index contributed by atoms with van der Waals surface area (Å²) in [4.78, 5) is 4.72. The molecule has 16 heavy (non-hydrogen) atoms. The van der Waals surface area contributed by atoms with Gasteiger partial charge in [0.25, 0.3) is 0 Å². The Morgan fingerprint density at radius 2 is 1.44 bits per heavy atom. The van der Waals surface area contributed by atoms with Gasteiger partial charge in [0.2, 0.25) is 0 Å². The van der Waals surface area contributed by atoms with E-state index in [1.54, 1.807) is 0 Å². The molecule has 0 radical (unpaired) electrons. The van der Waals surface area contributed by atoms with Crippen molar-refractivity contribution in [2.24, 2.45) is 0 Å². The number of aryl methyl sites for hydroxylation is 1. The van der Waals surface area contributed by atoms with Crippen molar-refractivity contribution in [3.05, 3.63) is 54.2 Å². The van der Waals surface area contributed by atoms with E-state index in [1.165, 1.54) is 21.9 Å². The van der Waals surface area contributed by atoms with E-state index in [-0.39, 0.29) is 0 Å². The minimum Gasteiger partial charge on any atom is -0.252 e. The van der Waals surface area contributed by atoms with Crippen LogP contribution in [0.5, 0.6) is 0 Å². The summed E-state index contributed by atoms with van der Waals surface area (Å²) in [7, 11) is 0. The monoisotopic (exact) mass is 207 g/mol. The second kappa shape index (κ2) is 3.60. The third kappa shape index (κ3) is 1.28. The van der Waals surface area contributed by atoms with Gasteiger partial charge in [0.15, 0.2) is 0 Å². The number of hydrogen-bond acceptors (Lipinski definition) is 1. The maximum Gasteiger partial charge on any atom is 0.0711 e. The Kier molecular flexibility index (Phi) is 2.10. The van der Waals surface area contributed by atoms with Gasteiger partial charge in [-0.1, -0.05) is 49.4 Å². The molecule has 1 nitrogen and oxygen atoms in total. The lowest BCUT2D eigenvalue weighted by molar-refractivity contribution is 1.08. The van der Waals surface area contributed by atoms with Crippen LogP contribution >= 0.6 is 0 Å². The summed E-state index contributed by atoms with van der Waals surface area (Å²) in [5.74, 6) is 0. The molecule has 1 heteroatoms. The normalized spacial score (nSPS) is 11.1. The number of hydrogen-bond donors (Lipinski definition) is 0. The average Bonchev–Trinajstić information content (AvgIpc) is 2.38. The van der Waals surface area contributed by atoms with Crippen LogP contribution in [-0.4, -0.2) is 4.98 Å². The molecule has 0 amide bonds. The molecule has 0 fully saturated rings. The molecular weight excluding hydrogens is 194 g/mol. The minimum absolute atomic E-state index is 0.978. The maximum atomic E-state index is 4.72. The first kappa shape index (κ1) is 9.34. The van der Waals surface area contributed by atoms with Crippen LogP contribution in [0.3, 0.4) is 0 Å². The largest absolute Gasteiger partial charge is 0.252 e. The first-order valence-corrected chi connectivity index (χ1v) is 5.66.